The first-order chi connectivity index (χ1) is 10.0. The second kappa shape index (κ2) is 6.63. The summed E-state index contributed by atoms with van der Waals surface area (Å²) in [4.78, 5) is 16.7. The average molecular weight is 307 g/mol. The van der Waals surface area contributed by atoms with Crippen molar-refractivity contribution in [3.05, 3.63) is 41.4 Å². The smallest absolute Gasteiger partial charge is 0.247 e. The number of nitrogen functional groups attached to an aromatic ring is 1. The molecule has 0 aliphatic heterocycles. The highest BCUT2D eigenvalue weighted by molar-refractivity contribution is 6.31. The number of nitrogens with one attached hydrogen (secondary N) is 1. The highest BCUT2D eigenvalue weighted by Crippen LogP contribution is 2.24. The van der Waals surface area contributed by atoms with Crippen LogP contribution in [0.15, 0.2) is 30.6 Å². The molecular weight excluding hydrogens is 288 g/mol. The van der Waals surface area contributed by atoms with Crippen LogP contribution in [0.2, 0.25) is 5.02 Å². The highest BCUT2D eigenvalue weighted by Gasteiger charge is 2.18. The maximum absolute atomic E-state index is 12.4. The molecule has 1 heterocycles. The van der Waals surface area contributed by atoms with Crippen molar-refractivity contribution in [3.63, 3.8) is 0 Å². The first-order valence-corrected chi connectivity index (χ1v) is 7.28. The lowest BCUT2D eigenvalue weighted by Crippen LogP contribution is -2.25. The van der Waals surface area contributed by atoms with E-state index in [1.807, 2.05) is 17.7 Å². The number of aryl methyl sites for hydroxylation is 1. The van der Waals surface area contributed by atoms with E-state index in [4.69, 9.17) is 17.3 Å². The number of hydrogen-bond donors (Lipinski definition) is 2. The highest BCUT2D eigenvalue weighted by atomic mass is 35.5. The van der Waals surface area contributed by atoms with Gasteiger partial charge in [0.15, 0.2) is 0 Å². The summed E-state index contributed by atoms with van der Waals surface area (Å²) >= 11 is 5.92. The van der Waals surface area contributed by atoms with Gasteiger partial charge in [-0.3, -0.25) is 4.79 Å². The Morgan fingerprint density at radius 2 is 2.29 bits per heavy atom. The number of carbonyl (C=O) groups excluding carboxylic acids is 1. The lowest BCUT2D eigenvalue weighted by atomic mass is 10.2. The van der Waals surface area contributed by atoms with Crippen LogP contribution in [0.3, 0.4) is 0 Å². The number of carbonyl (C=O) groups is 1. The Morgan fingerprint density at radius 3 is 3.00 bits per heavy atom. The molecule has 112 valence electrons. The van der Waals surface area contributed by atoms with Gasteiger partial charge in [0.05, 0.1) is 11.4 Å². The molecule has 0 bridgehead atoms. The number of anilines is 2. The van der Waals surface area contributed by atoms with Crippen molar-refractivity contribution in [1.82, 2.24) is 9.55 Å². The molecule has 2 rings (SSSR count). The van der Waals surface area contributed by atoms with Gasteiger partial charge in [-0.05, 0) is 31.5 Å². The number of aromatic nitrogens is 2. The predicted octanol–water partition coefficient (Wildman–Crippen LogP) is 3.27. The van der Waals surface area contributed by atoms with E-state index in [-0.39, 0.29) is 11.9 Å². The number of amides is 1. The van der Waals surface area contributed by atoms with E-state index in [1.165, 1.54) is 0 Å². The Morgan fingerprint density at radius 1 is 1.52 bits per heavy atom. The molecule has 2 aromatic rings. The Balaban J connectivity index is 2.16. The van der Waals surface area contributed by atoms with Crippen molar-refractivity contribution in [1.29, 1.82) is 0 Å². The zero-order valence-corrected chi connectivity index (χ0v) is 12.9. The molecule has 1 aromatic carbocycles. The summed E-state index contributed by atoms with van der Waals surface area (Å²) in [5.74, 6) is 0.749. The third-order valence-corrected chi connectivity index (χ3v) is 3.53. The molecule has 0 aliphatic carbocycles. The van der Waals surface area contributed by atoms with Crippen LogP contribution in [0, 0.1) is 0 Å². The second-order valence-corrected chi connectivity index (χ2v) is 5.33. The van der Waals surface area contributed by atoms with Gasteiger partial charge in [-0.1, -0.05) is 18.5 Å². The van der Waals surface area contributed by atoms with E-state index < -0.39 is 0 Å². The Kier molecular flexibility index (Phi) is 4.85. The summed E-state index contributed by atoms with van der Waals surface area (Å²) in [5.41, 5.74) is 6.85. The molecule has 0 spiro atoms. The standard InChI is InChI=1S/C15H19ClN4O/c1-3-4-14-18-7-8-20(14)10(2)15(21)19-13-9-11(16)5-6-12(13)17/h5-10H,3-4,17H2,1-2H3,(H,19,21). The molecule has 0 saturated carbocycles. The van der Waals surface area contributed by atoms with E-state index in [9.17, 15) is 4.79 Å². The van der Waals surface area contributed by atoms with E-state index in [0.29, 0.717) is 16.4 Å². The van der Waals surface area contributed by atoms with Gasteiger partial charge in [0, 0.05) is 23.8 Å². The van der Waals surface area contributed by atoms with Crippen molar-refractivity contribution >= 4 is 28.9 Å². The van der Waals surface area contributed by atoms with Crippen LogP contribution < -0.4 is 11.1 Å². The Labute approximate surface area is 129 Å². The molecular formula is C15H19ClN4O. The van der Waals surface area contributed by atoms with E-state index in [0.717, 1.165) is 18.7 Å². The van der Waals surface area contributed by atoms with E-state index >= 15 is 0 Å². The molecule has 1 unspecified atom stereocenters. The van der Waals surface area contributed by atoms with Crippen LogP contribution in [-0.2, 0) is 11.2 Å². The SMILES string of the molecule is CCCc1nccn1C(C)C(=O)Nc1cc(Cl)ccc1N. The topological polar surface area (TPSA) is 72.9 Å². The number of rotatable bonds is 5. The number of benzene rings is 1. The van der Waals surface area contributed by atoms with Gasteiger partial charge < -0.3 is 15.6 Å². The number of imidazole rings is 1. The van der Waals surface area contributed by atoms with Gasteiger partial charge in [-0.15, -0.1) is 0 Å². The minimum absolute atomic E-state index is 0.153. The van der Waals surface area contributed by atoms with Crippen LogP contribution in [0.4, 0.5) is 11.4 Å². The molecule has 21 heavy (non-hydrogen) atoms. The molecule has 0 fully saturated rings. The molecule has 1 atom stereocenters. The van der Waals surface area contributed by atoms with Gasteiger partial charge in [-0.2, -0.15) is 0 Å². The lowest BCUT2D eigenvalue weighted by molar-refractivity contribution is -0.118. The van der Waals surface area contributed by atoms with E-state index in [2.05, 4.69) is 17.2 Å². The zero-order chi connectivity index (χ0) is 15.4. The normalized spacial score (nSPS) is 12.1. The van der Waals surface area contributed by atoms with Crippen molar-refractivity contribution in [2.24, 2.45) is 0 Å². The maximum Gasteiger partial charge on any atom is 0.247 e. The molecule has 6 heteroatoms. The largest absolute Gasteiger partial charge is 0.397 e. The van der Waals surface area contributed by atoms with Gasteiger partial charge in [-0.25, -0.2) is 4.98 Å². The molecule has 1 amide bonds. The van der Waals surface area contributed by atoms with Crippen molar-refractivity contribution < 1.29 is 4.79 Å². The third-order valence-electron chi connectivity index (χ3n) is 3.29. The van der Waals surface area contributed by atoms with Crippen LogP contribution in [-0.4, -0.2) is 15.5 Å². The van der Waals surface area contributed by atoms with Crippen LogP contribution in [0.25, 0.3) is 0 Å². The molecule has 0 radical (unpaired) electrons. The summed E-state index contributed by atoms with van der Waals surface area (Å²) in [5, 5.41) is 3.34. The maximum atomic E-state index is 12.4. The third kappa shape index (κ3) is 3.55. The molecule has 3 N–H and O–H groups in total. The second-order valence-electron chi connectivity index (χ2n) is 4.90. The number of halogens is 1. The molecule has 0 saturated heterocycles. The number of hydrogen-bond acceptors (Lipinski definition) is 3. The fraction of sp³-hybridized carbons (Fsp3) is 0.333. The predicted molar refractivity (Wildman–Crippen MR) is 85.4 cm³/mol. The zero-order valence-electron chi connectivity index (χ0n) is 12.1. The minimum atomic E-state index is -0.368. The minimum Gasteiger partial charge on any atom is -0.397 e. The summed E-state index contributed by atoms with van der Waals surface area (Å²) in [6.45, 7) is 3.91. The van der Waals surface area contributed by atoms with E-state index in [1.54, 1.807) is 24.4 Å². The van der Waals surface area contributed by atoms with Crippen LogP contribution >= 0.6 is 11.6 Å². The monoisotopic (exact) mass is 306 g/mol. The lowest BCUT2D eigenvalue weighted by Gasteiger charge is -2.17. The first kappa shape index (κ1) is 15.4. The van der Waals surface area contributed by atoms with Crippen LogP contribution in [0.5, 0.6) is 0 Å². The average Bonchev–Trinajstić information content (AvgIpc) is 2.90. The fourth-order valence-electron chi connectivity index (χ4n) is 2.11. The molecule has 1 aromatic heterocycles. The number of nitrogens with two attached hydrogens (primary N) is 1. The quantitative estimate of drug-likeness (QED) is 0.833. The fourth-order valence-corrected chi connectivity index (χ4v) is 2.29. The van der Waals surface area contributed by atoms with Crippen molar-refractivity contribution in [2.45, 2.75) is 32.7 Å². The van der Waals surface area contributed by atoms with Crippen molar-refractivity contribution in [2.75, 3.05) is 11.1 Å². The van der Waals surface area contributed by atoms with Gasteiger partial charge >= 0.3 is 0 Å². The van der Waals surface area contributed by atoms with Gasteiger partial charge in [0.25, 0.3) is 0 Å². The van der Waals surface area contributed by atoms with Crippen molar-refractivity contribution in [3.8, 4) is 0 Å². The van der Waals surface area contributed by atoms with Gasteiger partial charge in [0.2, 0.25) is 5.91 Å². The summed E-state index contributed by atoms with van der Waals surface area (Å²) in [6, 6.07) is 4.63. The Hall–Kier alpha value is -2.01. The van der Waals surface area contributed by atoms with Gasteiger partial charge in [0.1, 0.15) is 11.9 Å². The summed E-state index contributed by atoms with van der Waals surface area (Å²) in [7, 11) is 0. The van der Waals surface area contributed by atoms with Crippen LogP contribution in [0.1, 0.15) is 32.1 Å². The number of nitrogens with zero attached hydrogens (tertiary/aromatic N) is 2. The Bertz CT molecular complexity index is 638. The molecule has 0 aliphatic rings. The summed E-state index contributed by atoms with van der Waals surface area (Å²) in [6.07, 6.45) is 5.34. The summed E-state index contributed by atoms with van der Waals surface area (Å²) < 4.78 is 1.87. The molecule has 5 nitrogen and oxygen atoms in total. The first-order valence-electron chi connectivity index (χ1n) is 6.90.